The fourth-order valence-electron chi connectivity index (χ4n) is 3.05. The summed E-state index contributed by atoms with van der Waals surface area (Å²) in [6, 6.07) is 17.8. The lowest BCUT2D eigenvalue weighted by molar-refractivity contribution is -0.394. The van der Waals surface area contributed by atoms with Crippen LogP contribution in [-0.4, -0.2) is 39.7 Å². The van der Waals surface area contributed by atoms with Crippen molar-refractivity contribution in [2.75, 3.05) is 5.75 Å². The zero-order valence-electron chi connectivity index (χ0n) is 19.1. The van der Waals surface area contributed by atoms with Gasteiger partial charge in [-0.05, 0) is 11.6 Å². The highest BCUT2D eigenvalue weighted by atomic mass is 35.5. The minimum Gasteiger partial charge on any atom is -0.339 e. The number of hydrogen-bond acceptors (Lipinski definition) is 8. The summed E-state index contributed by atoms with van der Waals surface area (Å²) in [5.41, 5.74) is 2.35. The molecule has 0 fully saturated rings. The van der Waals surface area contributed by atoms with E-state index in [0.717, 1.165) is 23.8 Å². The molecule has 3 aromatic carbocycles. The molecule has 0 heterocycles. The Hall–Kier alpha value is -4.29. The van der Waals surface area contributed by atoms with Crippen molar-refractivity contribution in [3.8, 4) is 0 Å². The van der Waals surface area contributed by atoms with Gasteiger partial charge < -0.3 is 5.32 Å². The first kappa shape index (κ1) is 27.3. The molecule has 3 rings (SSSR count). The summed E-state index contributed by atoms with van der Waals surface area (Å²) >= 11 is 7.44. The second kappa shape index (κ2) is 13.1. The fraction of sp³-hybridized carbons (Fsp3) is 0.125. The Balaban J connectivity index is 1.77. The monoisotopic (exact) mass is 541 g/mol. The van der Waals surface area contributed by atoms with Crippen LogP contribution < -0.4 is 10.7 Å². The van der Waals surface area contributed by atoms with Gasteiger partial charge in [0, 0.05) is 34.2 Å². The van der Waals surface area contributed by atoms with Crippen molar-refractivity contribution < 1.29 is 19.4 Å². The molecule has 0 aliphatic carbocycles. The molecule has 2 N–H and O–H groups in total. The van der Waals surface area contributed by atoms with Crippen molar-refractivity contribution in [1.29, 1.82) is 0 Å². The van der Waals surface area contributed by atoms with Gasteiger partial charge in [0.1, 0.15) is 6.04 Å². The second-order valence-electron chi connectivity index (χ2n) is 7.53. The third-order valence-corrected chi connectivity index (χ3v) is 6.34. The Labute approximate surface area is 220 Å². The van der Waals surface area contributed by atoms with Gasteiger partial charge in [-0.1, -0.05) is 60.1 Å². The predicted octanol–water partition coefficient (Wildman–Crippen LogP) is 4.34. The summed E-state index contributed by atoms with van der Waals surface area (Å²) in [6.45, 7) is 0. The van der Waals surface area contributed by atoms with Crippen LogP contribution in [0.4, 0.5) is 11.4 Å². The first-order valence-electron chi connectivity index (χ1n) is 10.7. The lowest BCUT2D eigenvalue weighted by Crippen LogP contribution is -2.47. The highest BCUT2D eigenvalue weighted by molar-refractivity contribution is 7.98. The zero-order chi connectivity index (χ0) is 26.8. The van der Waals surface area contributed by atoms with E-state index in [2.05, 4.69) is 15.8 Å². The van der Waals surface area contributed by atoms with E-state index in [1.807, 2.05) is 30.3 Å². The van der Waals surface area contributed by atoms with Gasteiger partial charge in [-0.2, -0.15) is 16.9 Å². The molecule has 0 unspecified atom stereocenters. The molecule has 0 aliphatic heterocycles. The van der Waals surface area contributed by atoms with Crippen molar-refractivity contribution in [1.82, 2.24) is 10.7 Å². The highest BCUT2D eigenvalue weighted by Gasteiger charge is 2.25. The van der Waals surface area contributed by atoms with Gasteiger partial charge in [0.2, 0.25) is 0 Å². The predicted molar refractivity (Wildman–Crippen MR) is 141 cm³/mol. The summed E-state index contributed by atoms with van der Waals surface area (Å²) < 4.78 is 0. The Morgan fingerprint density at radius 2 is 1.59 bits per heavy atom. The smallest absolute Gasteiger partial charge is 0.277 e. The molecule has 0 radical (unpaired) electrons. The van der Waals surface area contributed by atoms with Crippen LogP contribution in [0.2, 0.25) is 5.02 Å². The van der Waals surface area contributed by atoms with E-state index in [0.29, 0.717) is 16.3 Å². The maximum atomic E-state index is 12.9. The molecule has 0 aromatic heterocycles. The van der Waals surface area contributed by atoms with Crippen molar-refractivity contribution >= 4 is 52.8 Å². The molecule has 1 atom stereocenters. The van der Waals surface area contributed by atoms with Gasteiger partial charge in [0.05, 0.1) is 27.7 Å². The molecule has 37 heavy (non-hydrogen) atoms. The van der Waals surface area contributed by atoms with Crippen LogP contribution in [0.25, 0.3) is 0 Å². The van der Waals surface area contributed by atoms with Gasteiger partial charge in [-0.3, -0.25) is 29.8 Å². The van der Waals surface area contributed by atoms with Crippen LogP contribution in [0.3, 0.4) is 0 Å². The van der Waals surface area contributed by atoms with Gasteiger partial charge in [-0.25, -0.2) is 5.43 Å². The Bertz CT molecular complexity index is 1310. The van der Waals surface area contributed by atoms with E-state index in [4.69, 9.17) is 11.6 Å². The van der Waals surface area contributed by atoms with Gasteiger partial charge in [0.25, 0.3) is 23.2 Å². The molecular formula is C24H20ClN5O6S. The molecule has 13 heteroatoms. The first-order chi connectivity index (χ1) is 17.7. The fourth-order valence-corrected chi connectivity index (χ4v) is 4.25. The largest absolute Gasteiger partial charge is 0.339 e. The number of halogens is 1. The van der Waals surface area contributed by atoms with Gasteiger partial charge in [0.15, 0.2) is 0 Å². The minimum atomic E-state index is -1.11. The van der Waals surface area contributed by atoms with Crippen molar-refractivity contribution in [3.63, 3.8) is 0 Å². The number of carbonyl (C=O) groups is 2. The number of nitro groups is 2. The number of rotatable bonds is 11. The molecule has 0 spiro atoms. The number of non-ortho nitro benzene ring substituents is 2. The SMILES string of the molecule is O=C(N[C@H](CSCc1ccccc1)C(=O)N/N=C\c1ccccc1Cl)c1cc([N+](=O)[O-])cc([N+](=O)[O-])c1. The lowest BCUT2D eigenvalue weighted by Gasteiger charge is -2.17. The number of thioether (sulfide) groups is 1. The van der Waals surface area contributed by atoms with Gasteiger partial charge in [-0.15, -0.1) is 0 Å². The number of benzene rings is 3. The number of nitrogens with zero attached hydrogens (tertiary/aromatic N) is 3. The maximum absolute atomic E-state index is 12.9. The molecule has 11 nitrogen and oxygen atoms in total. The zero-order valence-corrected chi connectivity index (χ0v) is 20.6. The standard InChI is InChI=1S/C24H20ClN5O6S/c25-21-9-5-4-8-17(21)13-26-28-24(32)22(15-37-14-16-6-2-1-3-7-16)27-23(31)18-10-19(29(33)34)12-20(11-18)30(35)36/h1-13,22H,14-15H2,(H,27,31)(H,28,32)/b26-13-/t22-/m1/s1. The quantitative estimate of drug-likeness (QED) is 0.207. The molecule has 3 aromatic rings. The van der Waals surface area contributed by atoms with Crippen LogP contribution >= 0.6 is 23.4 Å². The van der Waals surface area contributed by atoms with Crippen LogP contribution in [0, 0.1) is 20.2 Å². The summed E-state index contributed by atoms with van der Waals surface area (Å²) in [6.07, 6.45) is 1.35. The molecule has 0 aliphatic rings. The average Bonchev–Trinajstić information content (AvgIpc) is 2.89. The number of carbonyl (C=O) groups excluding carboxylic acids is 2. The molecule has 0 saturated heterocycles. The summed E-state index contributed by atoms with van der Waals surface area (Å²) in [7, 11) is 0. The van der Waals surface area contributed by atoms with Crippen LogP contribution in [0.1, 0.15) is 21.5 Å². The number of hydrogen-bond donors (Lipinski definition) is 2. The van der Waals surface area contributed by atoms with Crippen molar-refractivity contribution in [3.05, 3.63) is 115 Å². The van der Waals surface area contributed by atoms with E-state index in [-0.39, 0.29) is 11.3 Å². The van der Waals surface area contributed by atoms with Crippen LogP contribution in [-0.2, 0) is 10.5 Å². The van der Waals surface area contributed by atoms with E-state index in [1.165, 1.54) is 18.0 Å². The Morgan fingerprint density at radius 1 is 0.973 bits per heavy atom. The van der Waals surface area contributed by atoms with E-state index < -0.39 is 39.1 Å². The van der Waals surface area contributed by atoms with Crippen LogP contribution in [0.15, 0.2) is 77.9 Å². The minimum absolute atomic E-state index is 0.130. The molecule has 0 saturated carbocycles. The summed E-state index contributed by atoms with van der Waals surface area (Å²) in [5.74, 6) is -0.865. The molecule has 2 amide bonds. The highest BCUT2D eigenvalue weighted by Crippen LogP contribution is 2.23. The number of amides is 2. The van der Waals surface area contributed by atoms with E-state index in [1.54, 1.807) is 24.3 Å². The van der Waals surface area contributed by atoms with E-state index in [9.17, 15) is 29.8 Å². The average molecular weight is 542 g/mol. The summed E-state index contributed by atoms with van der Waals surface area (Å²) in [4.78, 5) is 46.4. The van der Waals surface area contributed by atoms with Crippen molar-refractivity contribution in [2.24, 2.45) is 5.10 Å². The second-order valence-corrected chi connectivity index (χ2v) is 8.97. The normalized spacial score (nSPS) is 11.6. The molecule has 0 bridgehead atoms. The molecular weight excluding hydrogens is 522 g/mol. The van der Waals surface area contributed by atoms with Crippen molar-refractivity contribution in [2.45, 2.75) is 11.8 Å². The van der Waals surface area contributed by atoms with Gasteiger partial charge >= 0.3 is 0 Å². The number of hydrazone groups is 1. The third-order valence-electron chi connectivity index (χ3n) is 4.89. The Morgan fingerprint density at radius 3 is 2.22 bits per heavy atom. The Kier molecular flexibility index (Phi) is 9.69. The topological polar surface area (TPSA) is 157 Å². The number of nitro benzene ring substituents is 2. The third kappa shape index (κ3) is 8.12. The maximum Gasteiger partial charge on any atom is 0.277 e. The summed E-state index contributed by atoms with van der Waals surface area (Å²) in [5, 5.41) is 29.2. The molecule has 190 valence electrons. The number of nitrogens with one attached hydrogen (secondary N) is 2. The first-order valence-corrected chi connectivity index (χ1v) is 12.2. The van der Waals surface area contributed by atoms with E-state index >= 15 is 0 Å². The lowest BCUT2D eigenvalue weighted by atomic mass is 10.1. The van der Waals surface area contributed by atoms with Crippen LogP contribution in [0.5, 0.6) is 0 Å².